The maximum absolute atomic E-state index is 12.5. The molecule has 0 atom stereocenters. The minimum atomic E-state index is -3.54. The number of piperazine rings is 1. The highest BCUT2D eigenvalue weighted by molar-refractivity contribution is 7.92. The van der Waals surface area contributed by atoms with E-state index in [2.05, 4.69) is 4.74 Å². The van der Waals surface area contributed by atoms with Crippen molar-refractivity contribution in [1.29, 1.82) is 0 Å². The number of amides is 1. The molecule has 1 saturated heterocycles. The van der Waals surface area contributed by atoms with Crippen LogP contribution in [-0.4, -0.2) is 62.8 Å². The monoisotopic (exact) mass is 440 g/mol. The third-order valence-electron chi connectivity index (χ3n) is 4.89. The summed E-state index contributed by atoms with van der Waals surface area (Å²) in [4.78, 5) is 25.5. The minimum Gasteiger partial charge on any atom is -0.465 e. The summed E-state index contributed by atoms with van der Waals surface area (Å²) < 4.78 is 31.1. The average Bonchev–Trinajstić information content (AvgIpc) is 2.82. The number of methoxy groups -OCH3 is 1. The van der Waals surface area contributed by atoms with E-state index in [1.807, 2.05) is 30.3 Å². The molecule has 0 radical (unpaired) electrons. The zero-order chi connectivity index (χ0) is 22.3. The quantitative estimate of drug-likeness (QED) is 0.509. The molecule has 0 saturated carbocycles. The van der Waals surface area contributed by atoms with Gasteiger partial charge in [0.25, 0.3) is 0 Å². The molecule has 2 aromatic rings. The predicted molar refractivity (Wildman–Crippen MR) is 119 cm³/mol. The van der Waals surface area contributed by atoms with E-state index >= 15 is 0 Å². The Balaban J connectivity index is 1.54. The van der Waals surface area contributed by atoms with Crippen molar-refractivity contribution in [3.05, 3.63) is 82.8 Å². The summed E-state index contributed by atoms with van der Waals surface area (Å²) in [6, 6.07) is 15.9. The summed E-state index contributed by atoms with van der Waals surface area (Å²) in [7, 11) is -2.22. The molecule has 0 aromatic heterocycles. The van der Waals surface area contributed by atoms with Crippen LogP contribution in [0.2, 0.25) is 0 Å². The summed E-state index contributed by atoms with van der Waals surface area (Å²) in [5, 5.41) is 1.21. The van der Waals surface area contributed by atoms with Crippen LogP contribution >= 0.6 is 0 Å². The van der Waals surface area contributed by atoms with Crippen molar-refractivity contribution >= 4 is 34.1 Å². The molecule has 0 spiro atoms. The third-order valence-corrected chi connectivity index (χ3v) is 6.46. The second-order valence-electron chi connectivity index (χ2n) is 6.93. The number of hydrogen-bond acceptors (Lipinski definition) is 5. The maximum atomic E-state index is 12.5. The largest absolute Gasteiger partial charge is 0.465 e. The zero-order valence-electron chi connectivity index (χ0n) is 17.2. The summed E-state index contributed by atoms with van der Waals surface area (Å²) in [5.74, 6) is -0.605. The number of carbonyl (C=O) groups is 2. The number of benzene rings is 2. The van der Waals surface area contributed by atoms with Gasteiger partial charge >= 0.3 is 5.97 Å². The first kappa shape index (κ1) is 22.5. The van der Waals surface area contributed by atoms with E-state index < -0.39 is 16.0 Å². The molecular formula is C23H24N2O5S. The lowest BCUT2D eigenvalue weighted by atomic mass is 10.1. The van der Waals surface area contributed by atoms with Crippen LogP contribution in [0.25, 0.3) is 12.2 Å². The van der Waals surface area contributed by atoms with Gasteiger partial charge < -0.3 is 9.64 Å². The second kappa shape index (κ2) is 10.2. The van der Waals surface area contributed by atoms with Crippen LogP contribution in [0.1, 0.15) is 21.5 Å². The average molecular weight is 441 g/mol. The summed E-state index contributed by atoms with van der Waals surface area (Å²) >= 11 is 0. The Morgan fingerprint density at radius 3 is 2.10 bits per heavy atom. The number of carbonyl (C=O) groups excluding carboxylic acids is 2. The summed E-state index contributed by atoms with van der Waals surface area (Å²) in [6.45, 7) is 1.13. The first-order valence-electron chi connectivity index (χ1n) is 9.78. The van der Waals surface area contributed by atoms with E-state index in [1.165, 1.54) is 22.9 Å². The molecule has 0 N–H and O–H groups in total. The number of ether oxygens (including phenoxy) is 1. The highest BCUT2D eigenvalue weighted by Gasteiger charge is 2.26. The molecule has 3 rings (SSSR count). The Bertz CT molecular complexity index is 1070. The molecule has 0 unspecified atom stereocenters. The Morgan fingerprint density at radius 2 is 1.48 bits per heavy atom. The van der Waals surface area contributed by atoms with Gasteiger partial charge in [0, 0.05) is 37.7 Å². The first-order valence-corrected chi connectivity index (χ1v) is 11.3. The molecule has 8 heteroatoms. The van der Waals surface area contributed by atoms with Gasteiger partial charge in [-0.1, -0.05) is 42.5 Å². The molecular weight excluding hydrogens is 416 g/mol. The van der Waals surface area contributed by atoms with Crippen LogP contribution in [0.15, 0.2) is 66.1 Å². The molecule has 0 bridgehead atoms. The molecule has 162 valence electrons. The van der Waals surface area contributed by atoms with Gasteiger partial charge in [-0.05, 0) is 35.4 Å². The lowest BCUT2D eigenvalue weighted by molar-refractivity contribution is -0.127. The Labute approximate surface area is 182 Å². The molecule has 1 amide bonds. The number of nitrogens with zero attached hydrogens (tertiary/aromatic N) is 2. The van der Waals surface area contributed by atoms with Crippen molar-refractivity contribution < 1.29 is 22.7 Å². The van der Waals surface area contributed by atoms with Gasteiger partial charge in [-0.25, -0.2) is 13.2 Å². The maximum Gasteiger partial charge on any atom is 0.337 e. The first-order chi connectivity index (χ1) is 14.9. The van der Waals surface area contributed by atoms with Gasteiger partial charge in [-0.2, -0.15) is 4.31 Å². The number of sulfonamides is 1. The van der Waals surface area contributed by atoms with Gasteiger partial charge in [-0.3, -0.25) is 4.79 Å². The van der Waals surface area contributed by atoms with Crippen LogP contribution in [-0.2, 0) is 19.6 Å². The number of rotatable bonds is 6. The van der Waals surface area contributed by atoms with E-state index in [0.29, 0.717) is 18.7 Å². The fourth-order valence-corrected chi connectivity index (χ4v) is 4.27. The van der Waals surface area contributed by atoms with Gasteiger partial charge in [0.15, 0.2) is 0 Å². The topological polar surface area (TPSA) is 84.0 Å². The van der Waals surface area contributed by atoms with Crippen LogP contribution in [0.3, 0.4) is 0 Å². The van der Waals surface area contributed by atoms with Gasteiger partial charge in [-0.15, -0.1) is 0 Å². The van der Waals surface area contributed by atoms with E-state index in [0.717, 1.165) is 11.1 Å². The standard InChI is InChI=1S/C23H24N2O5S/c1-30-23(27)21-10-7-20(8-11-21)9-12-22(26)24-14-16-25(17-15-24)31(28,29)18-13-19-5-3-2-4-6-19/h2-13,18H,14-17H2,1H3/b12-9+,18-13+. The molecule has 1 aliphatic heterocycles. The zero-order valence-corrected chi connectivity index (χ0v) is 18.0. The third kappa shape index (κ3) is 6.13. The summed E-state index contributed by atoms with van der Waals surface area (Å²) in [5.41, 5.74) is 2.02. The molecule has 1 fully saturated rings. The van der Waals surface area contributed by atoms with E-state index in [1.54, 1.807) is 41.3 Å². The van der Waals surface area contributed by atoms with Gasteiger partial charge in [0.1, 0.15) is 0 Å². The van der Waals surface area contributed by atoms with E-state index in [9.17, 15) is 18.0 Å². The van der Waals surface area contributed by atoms with Crippen molar-refractivity contribution in [2.24, 2.45) is 0 Å². The highest BCUT2D eigenvalue weighted by Crippen LogP contribution is 2.13. The van der Waals surface area contributed by atoms with Gasteiger partial charge in [0.05, 0.1) is 12.7 Å². The van der Waals surface area contributed by atoms with Crippen molar-refractivity contribution in [2.75, 3.05) is 33.3 Å². The SMILES string of the molecule is COC(=O)c1ccc(/C=C/C(=O)N2CCN(S(=O)(=O)/C=C/c3ccccc3)CC2)cc1. The van der Waals surface area contributed by atoms with Crippen LogP contribution < -0.4 is 0 Å². The van der Waals surface area contributed by atoms with Crippen LogP contribution in [0.4, 0.5) is 0 Å². The number of esters is 1. The molecule has 31 heavy (non-hydrogen) atoms. The van der Waals surface area contributed by atoms with Crippen LogP contribution in [0, 0.1) is 0 Å². The van der Waals surface area contributed by atoms with E-state index in [4.69, 9.17) is 0 Å². The fourth-order valence-electron chi connectivity index (χ4n) is 3.10. The fraction of sp³-hybridized carbons (Fsp3) is 0.217. The second-order valence-corrected chi connectivity index (χ2v) is 8.75. The Morgan fingerprint density at radius 1 is 0.871 bits per heavy atom. The lowest BCUT2D eigenvalue weighted by Crippen LogP contribution is -2.49. The van der Waals surface area contributed by atoms with Crippen molar-refractivity contribution in [3.8, 4) is 0 Å². The normalized spacial score (nSPS) is 15.5. The van der Waals surface area contributed by atoms with Crippen molar-refractivity contribution in [2.45, 2.75) is 0 Å². The Hall–Kier alpha value is -3.23. The van der Waals surface area contributed by atoms with E-state index in [-0.39, 0.29) is 19.0 Å². The van der Waals surface area contributed by atoms with Gasteiger partial charge in [0.2, 0.25) is 15.9 Å². The smallest absolute Gasteiger partial charge is 0.337 e. The molecule has 0 aliphatic carbocycles. The lowest BCUT2D eigenvalue weighted by Gasteiger charge is -2.32. The van der Waals surface area contributed by atoms with Crippen molar-refractivity contribution in [1.82, 2.24) is 9.21 Å². The summed E-state index contributed by atoms with van der Waals surface area (Å²) in [6.07, 6.45) is 4.68. The predicted octanol–water partition coefficient (Wildman–Crippen LogP) is 2.63. The molecule has 2 aromatic carbocycles. The van der Waals surface area contributed by atoms with Crippen molar-refractivity contribution in [3.63, 3.8) is 0 Å². The molecule has 1 aliphatic rings. The molecule has 7 nitrogen and oxygen atoms in total. The Kier molecular flexibility index (Phi) is 7.38. The minimum absolute atomic E-state index is 0.186. The van der Waals surface area contributed by atoms with Crippen LogP contribution in [0.5, 0.6) is 0 Å². The highest BCUT2D eigenvalue weighted by atomic mass is 32.2. The number of hydrogen-bond donors (Lipinski definition) is 0. The molecule has 1 heterocycles.